The van der Waals surface area contributed by atoms with E-state index in [1.165, 1.54) is 11.8 Å². The number of aliphatic hydroxyl groups is 1. The van der Waals surface area contributed by atoms with Gasteiger partial charge >= 0.3 is 12.4 Å². The number of ether oxygens (including phenoxy) is 1. The van der Waals surface area contributed by atoms with Crippen LogP contribution < -0.4 is 5.73 Å². The predicted molar refractivity (Wildman–Crippen MR) is 111 cm³/mol. The molecule has 0 spiro atoms. The predicted octanol–water partition coefficient (Wildman–Crippen LogP) is 4.12. The fraction of sp³-hybridized carbons (Fsp3) is 0.435. The zero-order chi connectivity index (χ0) is 25.3. The molecule has 3 N–H and O–H groups in total. The number of likely N-dealkylation sites (tertiary alicyclic amines) is 1. The summed E-state index contributed by atoms with van der Waals surface area (Å²) in [5.41, 5.74) is 3.28. The Hall–Kier alpha value is -2.63. The van der Waals surface area contributed by atoms with E-state index in [1.54, 1.807) is 30.3 Å². The molecule has 34 heavy (non-hydrogen) atoms. The van der Waals surface area contributed by atoms with Gasteiger partial charge in [-0.2, -0.15) is 26.3 Å². The molecule has 1 amide bonds. The van der Waals surface area contributed by atoms with Gasteiger partial charge in [0.25, 0.3) is 0 Å². The quantitative estimate of drug-likeness (QED) is 0.598. The Morgan fingerprint density at radius 3 is 2.12 bits per heavy atom. The molecule has 1 saturated heterocycles. The molecule has 0 aliphatic carbocycles. The maximum atomic E-state index is 13.3. The van der Waals surface area contributed by atoms with Crippen LogP contribution in [0.3, 0.4) is 0 Å². The lowest BCUT2D eigenvalue weighted by atomic mass is 9.95. The number of halogens is 6. The van der Waals surface area contributed by atoms with Crippen LogP contribution >= 0.6 is 0 Å². The third-order valence-electron chi connectivity index (χ3n) is 5.78. The molecule has 0 saturated carbocycles. The fourth-order valence-corrected chi connectivity index (χ4v) is 3.98. The molecule has 1 fully saturated rings. The highest BCUT2D eigenvalue weighted by Crippen LogP contribution is 2.39. The number of carbonyl (C=O) groups is 1. The van der Waals surface area contributed by atoms with E-state index in [0.717, 1.165) is 5.56 Å². The van der Waals surface area contributed by atoms with Crippen molar-refractivity contribution in [3.63, 3.8) is 0 Å². The first-order valence-corrected chi connectivity index (χ1v) is 10.5. The number of carbonyl (C=O) groups excluding carboxylic acids is 1. The summed E-state index contributed by atoms with van der Waals surface area (Å²) in [6.45, 7) is 0.977. The van der Waals surface area contributed by atoms with Crippen LogP contribution in [0.1, 0.15) is 41.2 Å². The first-order valence-electron chi connectivity index (χ1n) is 10.5. The lowest BCUT2D eigenvalue weighted by molar-refractivity contribution is -0.143. The summed E-state index contributed by atoms with van der Waals surface area (Å²) in [4.78, 5) is 13.9. The molecule has 2 unspecified atom stereocenters. The van der Waals surface area contributed by atoms with E-state index >= 15 is 0 Å². The standard InChI is InChI=1S/C23H24F6N2O3/c1-13(15-7-16(22(24,25)26)9-17(8-15)23(27,28)29)34-20-11-31(21(33)19(30)12-32)10-18(20)14-5-3-2-4-6-14/h2-9,13,18-20,32H,10-12,30H2,1H3/t13?,18-,19?,20+/m1/s1. The maximum absolute atomic E-state index is 13.3. The van der Waals surface area contributed by atoms with Gasteiger partial charge in [0.05, 0.1) is 29.9 Å². The van der Waals surface area contributed by atoms with E-state index < -0.39 is 60.2 Å². The van der Waals surface area contributed by atoms with Crippen LogP contribution in [0.25, 0.3) is 0 Å². The van der Waals surface area contributed by atoms with Gasteiger partial charge in [0.15, 0.2) is 0 Å². The number of aliphatic hydroxyl groups excluding tert-OH is 1. The van der Waals surface area contributed by atoms with E-state index in [2.05, 4.69) is 0 Å². The lowest BCUT2D eigenvalue weighted by Gasteiger charge is -2.25. The summed E-state index contributed by atoms with van der Waals surface area (Å²) in [5.74, 6) is -0.924. The van der Waals surface area contributed by atoms with Crippen molar-refractivity contribution in [2.24, 2.45) is 5.73 Å². The first kappa shape index (κ1) is 26.0. The number of benzene rings is 2. The molecular formula is C23H24F6N2O3. The second-order valence-electron chi connectivity index (χ2n) is 8.21. The van der Waals surface area contributed by atoms with Crippen LogP contribution in [0, 0.1) is 0 Å². The van der Waals surface area contributed by atoms with Gasteiger partial charge in [-0.15, -0.1) is 0 Å². The SMILES string of the molecule is CC(O[C@H]1CN(C(=O)C(N)CO)C[C@@H]1c1ccccc1)c1cc(C(F)(F)F)cc(C(F)(F)F)c1. The fourth-order valence-electron chi connectivity index (χ4n) is 3.98. The van der Waals surface area contributed by atoms with E-state index in [-0.39, 0.29) is 24.7 Å². The molecule has 1 heterocycles. The number of hydrogen-bond donors (Lipinski definition) is 2. The summed E-state index contributed by atoms with van der Waals surface area (Å²) < 4.78 is 85.5. The van der Waals surface area contributed by atoms with Gasteiger partial charge in [-0.3, -0.25) is 4.79 Å². The monoisotopic (exact) mass is 490 g/mol. The molecule has 0 radical (unpaired) electrons. The Balaban J connectivity index is 1.92. The normalized spacial score (nSPS) is 20.9. The molecule has 0 aromatic heterocycles. The second-order valence-corrected chi connectivity index (χ2v) is 8.21. The van der Waals surface area contributed by atoms with Crippen LogP contribution in [0.5, 0.6) is 0 Å². The van der Waals surface area contributed by atoms with Crippen LogP contribution in [0.15, 0.2) is 48.5 Å². The van der Waals surface area contributed by atoms with E-state index in [9.17, 15) is 36.2 Å². The zero-order valence-electron chi connectivity index (χ0n) is 18.1. The third-order valence-corrected chi connectivity index (χ3v) is 5.78. The molecule has 1 aliphatic rings. The number of amides is 1. The number of nitrogens with two attached hydrogens (primary N) is 1. The number of nitrogens with zero attached hydrogens (tertiary/aromatic N) is 1. The average Bonchev–Trinajstić information content (AvgIpc) is 3.20. The molecule has 2 aromatic rings. The average molecular weight is 490 g/mol. The van der Waals surface area contributed by atoms with E-state index in [4.69, 9.17) is 10.5 Å². The summed E-state index contributed by atoms with van der Waals surface area (Å²) in [6.07, 6.45) is -11.8. The smallest absolute Gasteiger partial charge is 0.394 e. The van der Waals surface area contributed by atoms with Crippen molar-refractivity contribution in [1.29, 1.82) is 0 Å². The Morgan fingerprint density at radius 1 is 1.06 bits per heavy atom. The molecule has 186 valence electrons. The van der Waals surface area contributed by atoms with Crippen molar-refractivity contribution in [3.05, 3.63) is 70.8 Å². The number of rotatable bonds is 6. The van der Waals surface area contributed by atoms with E-state index in [0.29, 0.717) is 12.1 Å². The minimum Gasteiger partial charge on any atom is -0.394 e. The van der Waals surface area contributed by atoms with Crippen LogP contribution in [0.2, 0.25) is 0 Å². The Kier molecular flexibility index (Phi) is 7.59. The van der Waals surface area contributed by atoms with Crippen molar-refractivity contribution < 1.29 is 41.0 Å². The van der Waals surface area contributed by atoms with Gasteiger partial charge in [-0.1, -0.05) is 30.3 Å². The molecule has 0 bridgehead atoms. The Morgan fingerprint density at radius 2 is 1.62 bits per heavy atom. The number of alkyl halides is 6. The van der Waals surface area contributed by atoms with Gasteiger partial charge in [0, 0.05) is 19.0 Å². The summed E-state index contributed by atoms with van der Waals surface area (Å²) in [5, 5.41) is 9.20. The minimum absolute atomic E-state index is 0.0154. The summed E-state index contributed by atoms with van der Waals surface area (Å²) >= 11 is 0. The molecule has 11 heteroatoms. The number of hydrogen-bond acceptors (Lipinski definition) is 4. The van der Waals surface area contributed by atoms with Crippen LogP contribution in [-0.2, 0) is 21.9 Å². The van der Waals surface area contributed by atoms with Gasteiger partial charge in [-0.05, 0) is 36.2 Å². The third kappa shape index (κ3) is 5.89. The van der Waals surface area contributed by atoms with Crippen molar-refractivity contribution in [1.82, 2.24) is 4.90 Å². The minimum atomic E-state index is -4.97. The van der Waals surface area contributed by atoms with Gasteiger partial charge in [0.1, 0.15) is 6.04 Å². The highest BCUT2D eigenvalue weighted by Gasteiger charge is 2.40. The largest absolute Gasteiger partial charge is 0.416 e. The molecular weight excluding hydrogens is 466 g/mol. The van der Waals surface area contributed by atoms with E-state index in [1.807, 2.05) is 0 Å². The van der Waals surface area contributed by atoms with Crippen molar-refractivity contribution >= 4 is 5.91 Å². The maximum Gasteiger partial charge on any atom is 0.416 e. The van der Waals surface area contributed by atoms with Crippen LogP contribution in [-0.4, -0.2) is 47.8 Å². The van der Waals surface area contributed by atoms with Crippen molar-refractivity contribution in [3.8, 4) is 0 Å². The highest BCUT2D eigenvalue weighted by molar-refractivity contribution is 5.82. The zero-order valence-corrected chi connectivity index (χ0v) is 18.1. The van der Waals surface area contributed by atoms with Gasteiger partial charge in [-0.25, -0.2) is 0 Å². The molecule has 4 atom stereocenters. The molecule has 5 nitrogen and oxygen atoms in total. The summed E-state index contributed by atoms with van der Waals surface area (Å²) in [6, 6.07) is 9.08. The van der Waals surface area contributed by atoms with Gasteiger partial charge < -0.3 is 20.5 Å². The Bertz CT molecular complexity index is 964. The van der Waals surface area contributed by atoms with Crippen LogP contribution in [0.4, 0.5) is 26.3 Å². The molecule has 2 aromatic carbocycles. The topological polar surface area (TPSA) is 75.8 Å². The second kappa shape index (κ2) is 9.93. The lowest BCUT2D eigenvalue weighted by Crippen LogP contribution is -2.45. The molecule has 3 rings (SSSR count). The van der Waals surface area contributed by atoms with Gasteiger partial charge in [0.2, 0.25) is 5.91 Å². The first-order chi connectivity index (χ1) is 15.8. The van der Waals surface area contributed by atoms with Crippen molar-refractivity contribution in [2.75, 3.05) is 19.7 Å². The summed E-state index contributed by atoms with van der Waals surface area (Å²) in [7, 11) is 0. The Labute approximate surface area is 192 Å². The van der Waals surface area contributed by atoms with Crippen molar-refractivity contribution in [2.45, 2.75) is 43.4 Å². The highest BCUT2D eigenvalue weighted by atomic mass is 19.4. The molecule has 1 aliphatic heterocycles.